The molecule has 0 radical (unpaired) electrons. The number of allylic oxidation sites excluding steroid dienone is 1. The van der Waals surface area contributed by atoms with Crippen molar-refractivity contribution in [2.24, 2.45) is 0 Å². The van der Waals surface area contributed by atoms with E-state index in [1.54, 1.807) is 23.3 Å². The SMILES string of the molecule is CN1C=C(c2cc3c(-c4ccc(SNC5CCS(=O)C5)s4)ccnc3[nH]2)CCC1. The molecule has 0 bridgehead atoms. The first-order valence-corrected chi connectivity index (χ1v) is 13.0. The van der Waals surface area contributed by atoms with Gasteiger partial charge in [-0.25, -0.2) is 4.98 Å². The highest BCUT2D eigenvalue weighted by atomic mass is 32.2. The quantitative estimate of drug-likeness (QED) is 0.569. The maximum atomic E-state index is 11.6. The molecule has 0 spiro atoms. The van der Waals surface area contributed by atoms with Gasteiger partial charge in [-0.2, -0.15) is 0 Å². The van der Waals surface area contributed by atoms with Crippen molar-refractivity contribution in [3.63, 3.8) is 0 Å². The molecular formula is C21H24N4OS3. The first-order chi connectivity index (χ1) is 14.2. The molecule has 1 fully saturated rings. The number of aromatic amines is 1. The number of rotatable bonds is 5. The maximum absolute atomic E-state index is 11.6. The number of nitrogens with one attached hydrogen (secondary N) is 2. The molecule has 152 valence electrons. The fraction of sp³-hybridized carbons (Fsp3) is 0.381. The van der Waals surface area contributed by atoms with E-state index >= 15 is 0 Å². The lowest BCUT2D eigenvalue weighted by atomic mass is 10.0. The second-order valence-corrected chi connectivity index (χ2v) is 11.5. The van der Waals surface area contributed by atoms with Gasteiger partial charge in [-0.15, -0.1) is 11.3 Å². The van der Waals surface area contributed by atoms with E-state index in [-0.39, 0.29) is 0 Å². The Labute approximate surface area is 181 Å². The third kappa shape index (κ3) is 4.17. The number of fused-ring (bicyclic) bond motifs is 1. The average Bonchev–Trinajstić information content (AvgIpc) is 3.45. The van der Waals surface area contributed by atoms with Crippen LogP contribution in [-0.2, 0) is 10.8 Å². The molecule has 0 aliphatic carbocycles. The number of pyridine rings is 1. The Morgan fingerprint density at radius 3 is 3.14 bits per heavy atom. The van der Waals surface area contributed by atoms with E-state index in [0.29, 0.717) is 6.04 Å². The van der Waals surface area contributed by atoms with Crippen molar-refractivity contribution in [3.05, 3.63) is 42.4 Å². The van der Waals surface area contributed by atoms with Gasteiger partial charge in [-0.3, -0.25) is 8.93 Å². The Morgan fingerprint density at radius 1 is 1.38 bits per heavy atom. The topological polar surface area (TPSA) is 61.0 Å². The van der Waals surface area contributed by atoms with E-state index in [2.05, 4.69) is 57.1 Å². The molecule has 2 unspecified atom stereocenters. The van der Waals surface area contributed by atoms with Crippen molar-refractivity contribution >= 4 is 50.7 Å². The summed E-state index contributed by atoms with van der Waals surface area (Å²) in [6, 6.07) is 9.07. The van der Waals surface area contributed by atoms with Crippen molar-refractivity contribution in [2.45, 2.75) is 29.5 Å². The largest absolute Gasteiger partial charge is 0.380 e. The van der Waals surface area contributed by atoms with E-state index < -0.39 is 10.8 Å². The molecule has 0 aromatic carbocycles. The zero-order chi connectivity index (χ0) is 19.8. The van der Waals surface area contributed by atoms with Gasteiger partial charge < -0.3 is 9.88 Å². The zero-order valence-corrected chi connectivity index (χ0v) is 18.8. The van der Waals surface area contributed by atoms with Crippen LogP contribution >= 0.6 is 23.3 Å². The molecule has 3 aromatic rings. The first-order valence-electron chi connectivity index (χ1n) is 9.92. The van der Waals surface area contributed by atoms with E-state index in [1.165, 1.54) is 37.7 Å². The number of thiophene rings is 1. The summed E-state index contributed by atoms with van der Waals surface area (Å²) < 4.78 is 16.3. The second kappa shape index (κ2) is 8.26. The fourth-order valence-corrected chi connectivity index (χ4v) is 7.45. The van der Waals surface area contributed by atoms with Crippen LogP contribution in [0, 0.1) is 0 Å². The number of hydrogen-bond acceptors (Lipinski definition) is 6. The molecule has 2 aliphatic heterocycles. The Balaban J connectivity index is 1.39. The van der Waals surface area contributed by atoms with Crippen molar-refractivity contribution in [1.82, 2.24) is 19.6 Å². The summed E-state index contributed by atoms with van der Waals surface area (Å²) in [6.07, 6.45) is 7.42. The summed E-state index contributed by atoms with van der Waals surface area (Å²) >= 11 is 3.46. The van der Waals surface area contributed by atoms with Gasteiger partial charge in [-0.05, 0) is 61.0 Å². The highest BCUT2D eigenvalue weighted by Crippen LogP contribution is 2.37. The Hall–Kier alpha value is -1.61. The maximum Gasteiger partial charge on any atom is 0.138 e. The number of aromatic nitrogens is 2. The molecule has 5 rings (SSSR count). The van der Waals surface area contributed by atoms with Crippen LogP contribution in [-0.4, -0.2) is 50.2 Å². The molecule has 2 atom stereocenters. The van der Waals surface area contributed by atoms with Gasteiger partial charge in [0.2, 0.25) is 0 Å². The van der Waals surface area contributed by atoms with Crippen molar-refractivity contribution in [1.29, 1.82) is 0 Å². The van der Waals surface area contributed by atoms with E-state index in [0.717, 1.165) is 36.5 Å². The van der Waals surface area contributed by atoms with Crippen molar-refractivity contribution < 1.29 is 4.21 Å². The number of hydrogen-bond donors (Lipinski definition) is 2. The fourth-order valence-electron chi connectivity index (χ4n) is 3.95. The molecule has 29 heavy (non-hydrogen) atoms. The minimum atomic E-state index is -0.644. The molecule has 2 N–H and O–H groups in total. The van der Waals surface area contributed by atoms with Crippen molar-refractivity contribution in [2.75, 3.05) is 25.1 Å². The Morgan fingerprint density at radius 2 is 2.31 bits per heavy atom. The molecular weight excluding hydrogens is 420 g/mol. The molecule has 1 saturated heterocycles. The molecule has 5 heterocycles. The predicted octanol–water partition coefficient (Wildman–Crippen LogP) is 4.48. The highest BCUT2D eigenvalue weighted by Gasteiger charge is 2.21. The van der Waals surface area contributed by atoms with Gasteiger partial charge in [0.05, 0.1) is 4.21 Å². The highest BCUT2D eigenvalue weighted by molar-refractivity contribution is 7.99. The monoisotopic (exact) mass is 444 g/mol. The standard InChI is InChI=1S/C21H24N4OS3/c1-25-9-2-3-14(12-25)18-11-17-16(6-8-22-21(17)23-18)19-4-5-20(27-19)28-24-15-7-10-29(26)13-15/h4-6,8,11-12,15,24H,2-3,7,9-10,13H2,1H3,(H,22,23). The lowest BCUT2D eigenvalue weighted by Gasteiger charge is -2.21. The molecule has 5 nitrogen and oxygen atoms in total. The number of nitrogens with zero attached hydrogens (tertiary/aromatic N) is 2. The van der Waals surface area contributed by atoms with Gasteiger partial charge >= 0.3 is 0 Å². The zero-order valence-electron chi connectivity index (χ0n) is 16.3. The van der Waals surface area contributed by atoms with Crippen LogP contribution in [0.3, 0.4) is 0 Å². The third-order valence-corrected chi connectivity index (χ3v) is 9.13. The van der Waals surface area contributed by atoms with Crippen LogP contribution in [0.1, 0.15) is 25.0 Å². The van der Waals surface area contributed by atoms with Crippen LogP contribution in [0.5, 0.6) is 0 Å². The van der Waals surface area contributed by atoms with Gasteiger partial charge in [0.15, 0.2) is 0 Å². The van der Waals surface area contributed by atoms with Gasteiger partial charge in [0.25, 0.3) is 0 Å². The Bertz CT molecular complexity index is 1090. The van der Waals surface area contributed by atoms with E-state index in [1.807, 2.05) is 6.20 Å². The van der Waals surface area contributed by atoms with Crippen molar-refractivity contribution in [3.8, 4) is 10.4 Å². The summed E-state index contributed by atoms with van der Waals surface area (Å²) in [4.78, 5) is 11.6. The predicted molar refractivity (Wildman–Crippen MR) is 125 cm³/mol. The lowest BCUT2D eigenvalue weighted by molar-refractivity contribution is 0.431. The van der Waals surface area contributed by atoms with Crippen LogP contribution in [0.4, 0.5) is 0 Å². The smallest absolute Gasteiger partial charge is 0.138 e. The van der Waals surface area contributed by atoms with Gasteiger partial charge in [-0.1, -0.05) is 0 Å². The molecule has 3 aromatic heterocycles. The molecule has 0 saturated carbocycles. The van der Waals surface area contributed by atoms with Crippen LogP contribution < -0.4 is 4.72 Å². The summed E-state index contributed by atoms with van der Waals surface area (Å²) in [5, 5.41) is 1.18. The summed E-state index contributed by atoms with van der Waals surface area (Å²) in [6.45, 7) is 1.12. The summed E-state index contributed by atoms with van der Waals surface area (Å²) in [5.74, 6) is 1.60. The molecule has 2 aliphatic rings. The van der Waals surface area contributed by atoms with Crippen LogP contribution in [0.25, 0.3) is 27.0 Å². The normalized spacial score (nSPS) is 22.4. The van der Waals surface area contributed by atoms with Gasteiger partial charge in [0.1, 0.15) is 5.65 Å². The second-order valence-electron chi connectivity index (χ2n) is 7.68. The minimum absolute atomic E-state index is 0.355. The third-order valence-electron chi connectivity index (χ3n) is 5.47. The average molecular weight is 445 g/mol. The van der Waals surface area contributed by atoms with Crippen LogP contribution in [0.2, 0.25) is 0 Å². The minimum Gasteiger partial charge on any atom is -0.380 e. The molecule has 0 amide bonds. The van der Waals surface area contributed by atoms with Gasteiger partial charge in [0, 0.05) is 75.9 Å². The first kappa shape index (κ1) is 19.4. The van der Waals surface area contributed by atoms with E-state index in [9.17, 15) is 4.21 Å². The summed E-state index contributed by atoms with van der Waals surface area (Å²) in [7, 11) is 1.49. The van der Waals surface area contributed by atoms with Crippen LogP contribution in [0.15, 0.2) is 40.9 Å². The van der Waals surface area contributed by atoms with E-state index in [4.69, 9.17) is 0 Å². The number of H-pyrrole nitrogens is 1. The lowest BCUT2D eigenvalue weighted by Crippen LogP contribution is -2.22. The summed E-state index contributed by atoms with van der Waals surface area (Å²) in [5.41, 5.74) is 4.69. The molecule has 8 heteroatoms. The Kier molecular flexibility index (Phi) is 5.51.